The van der Waals surface area contributed by atoms with Crippen molar-refractivity contribution in [2.45, 2.75) is 164 Å². The molecule has 0 bridgehead atoms. The van der Waals surface area contributed by atoms with Gasteiger partial charge in [-0.1, -0.05) is 142 Å². The molecular formula is C63H90N6O8. The molecule has 420 valence electrons. The molecule has 2 saturated heterocycles. The first-order valence-corrected chi connectivity index (χ1v) is 28.5. The third kappa shape index (κ3) is 18.5. The zero-order valence-corrected chi connectivity index (χ0v) is 48.0. The summed E-state index contributed by atoms with van der Waals surface area (Å²) < 4.78 is 0. The number of amides is 6. The molecule has 0 aromatic heterocycles. The zero-order valence-electron chi connectivity index (χ0n) is 48.0. The number of Topliss-reactive ketones (excluding diaryl/α,β-unsaturated/α-hetero) is 2. The Balaban J connectivity index is 1.16. The van der Waals surface area contributed by atoms with E-state index < -0.39 is 22.8 Å². The van der Waals surface area contributed by atoms with Gasteiger partial charge in [0.05, 0.1) is 0 Å². The smallest absolute Gasteiger partial charge is 0.251 e. The van der Waals surface area contributed by atoms with Gasteiger partial charge in [0.15, 0.2) is 5.78 Å². The summed E-state index contributed by atoms with van der Waals surface area (Å²) in [6, 6.07) is 25.2. The van der Waals surface area contributed by atoms with Gasteiger partial charge in [0.2, 0.25) is 29.5 Å². The van der Waals surface area contributed by atoms with E-state index in [1.807, 2.05) is 145 Å². The maximum Gasteiger partial charge on any atom is 0.251 e. The average Bonchev–Trinajstić information content (AvgIpc) is 4.08. The molecule has 2 aliphatic rings. The van der Waals surface area contributed by atoms with E-state index in [0.717, 1.165) is 36.8 Å². The number of nitrogens with one attached hydrogen (secondary N) is 2. The Bertz CT molecular complexity index is 2450. The van der Waals surface area contributed by atoms with Gasteiger partial charge in [-0.25, -0.2) is 0 Å². The van der Waals surface area contributed by atoms with Gasteiger partial charge < -0.3 is 30.2 Å². The molecule has 0 saturated carbocycles. The number of nitrogens with zero attached hydrogens (tertiary/aromatic N) is 4. The largest absolute Gasteiger partial charge is 0.352 e. The SMILES string of the molecule is CC[C@@H](C)C(=O)N[C@H](C(=O)N1CCC[C@H]1CN(CCc1ccccc1)C(=O)CCNC(=O)c1ccc(C(=O)CCCC(=O)N(CCc2ccccc2)C[C@@H]2CCCN2C(=O)[C@@H](CC(=O)C(C)C)C(C)(C)C)cc1)C(C)(C)C. The van der Waals surface area contributed by atoms with Gasteiger partial charge in [-0.3, -0.25) is 38.4 Å². The molecular weight excluding hydrogens is 969 g/mol. The Kier molecular flexibility index (Phi) is 23.2. The minimum absolute atomic E-state index is 0.0272. The number of hydrogen-bond donors (Lipinski definition) is 2. The lowest BCUT2D eigenvalue weighted by atomic mass is 9.76. The number of benzene rings is 3. The molecule has 2 aliphatic heterocycles. The van der Waals surface area contributed by atoms with Crippen LogP contribution in [0.15, 0.2) is 84.9 Å². The van der Waals surface area contributed by atoms with Crippen molar-refractivity contribution < 1.29 is 38.4 Å². The Morgan fingerprint density at radius 3 is 1.60 bits per heavy atom. The van der Waals surface area contributed by atoms with Crippen LogP contribution in [0.2, 0.25) is 0 Å². The lowest BCUT2D eigenvalue weighted by molar-refractivity contribution is -0.144. The number of carbonyl (C=O) groups is 8. The monoisotopic (exact) mass is 1060 g/mol. The summed E-state index contributed by atoms with van der Waals surface area (Å²) in [5, 5.41) is 5.91. The molecule has 6 amide bonds. The number of hydrogen-bond acceptors (Lipinski definition) is 8. The van der Waals surface area contributed by atoms with E-state index in [4.69, 9.17) is 0 Å². The van der Waals surface area contributed by atoms with Crippen LogP contribution >= 0.6 is 0 Å². The van der Waals surface area contributed by atoms with Gasteiger partial charge in [-0.15, -0.1) is 0 Å². The molecule has 14 nitrogen and oxygen atoms in total. The Morgan fingerprint density at radius 2 is 1.12 bits per heavy atom. The second-order valence-corrected chi connectivity index (χ2v) is 24.0. The molecule has 2 fully saturated rings. The first kappa shape index (κ1) is 61.7. The van der Waals surface area contributed by atoms with Crippen LogP contribution in [0, 0.1) is 28.6 Å². The third-order valence-electron chi connectivity index (χ3n) is 15.7. The van der Waals surface area contributed by atoms with Gasteiger partial charge in [-0.05, 0) is 85.5 Å². The van der Waals surface area contributed by atoms with Crippen molar-refractivity contribution in [2.75, 3.05) is 45.8 Å². The van der Waals surface area contributed by atoms with Crippen LogP contribution < -0.4 is 10.6 Å². The predicted octanol–water partition coefficient (Wildman–Crippen LogP) is 9.14. The molecule has 0 spiro atoms. The highest BCUT2D eigenvalue weighted by Crippen LogP contribution is 2.34. The van der Waals surface area contributed by atoms with E-state index >= 15 is 0 Å². The molecule has 77 heavy (non-hydrogen) atoms. The molecule has 2 heterocycles. The number of rotatable bonds is 27. The van der Waals surface area contributed by atoms with E-state index in [9.17, 15) is 38.4 Å². The number of carbonyl (C=O) groups excluding carboxylic acids is 8. The zero-order chi connectivity index (χ0) is 56.5. The lowest BCUT2D eigenvalue weighted by Crippen LogP contribution is -2.57. The highest BCUT2D eigenvalue weighted by atomic mass is 16.2. The number of likely N-dealkylation sites (tertiary alicyclic amines) is 2. The fourth-order valence-corrected chi connectivity index (χ4v) is 10.3. The summed E-state index contributed by atoms with van der Waals surface area (Å²) in [6.07, 6.45) is 5.89. The highest BCUT2D eigenvalue weighted by molar-refractivity contribution is 5.99. The molecule has 2 N–H and O–H groups in total. The van der Waals surface area contributed by atoms with E-state index in [-0.39, 0.29) is 103 Å². The topological polar surface area (TPSA) is 174 Å². The lowest BCUT2D eigenvalue weighted by Gasteiger charge is -2.37. The van der Waals surface area contributed by atoms with Crippen molar-refractivity contribution in [2.24, 2.45) is 28.6 Å². The van der Waals surface area contributed by atoms with Gasteiger partial charge in [0.25, 0.3) is 5.91 Å². The van der Waals surface area contributed by atoms with Crippen molar-refractivity contribution in [1.82, 2.24) is 30.2 Å². The quantitative estimate of drug-likeness (QED) is 0.0712. The van der Waals surface area contributed by atoms with Crippen molar-refractivity contribution in [3.8, 4) is 0 Å². The van der Waals surface area contributed by atoms with Gasteiger partial charge in [-0.2, -0.15) is 0 Å². The minimum atomic E-state index is -0.717. The standard InChI is InChI=1S/C63H90N6O8/c1-11-45(4)58(74)65-57(63(8,9)10)61(77)69-38-20-26-51(69)43-67(40-35-47-23-16-13-17-24-47)56(73)33-36-64-59(75)49-31-29-48(30-32-49)53(70)27-18-28-55(72)66(39-34-46-21-14-12-15-22-46)42-50-25-19-37-68(50)60(76)52(62(5,6)7)41-54(71)44(2)3/h12-17,21-24,29-32,44-45,50-52,57H,11,18-20,25-28,33-43H2,1-10H3,(H,64,75)(H,65,74)/t45-,50+,51+,52-,57-/m1/s1. The van der Waals surface area contributed by atoms with Crippen molar-refractivity contribution >= 4 is 47.0 Å². The van der Waals surface area contributed by atoms with Crippen LogP contribution in [-0.4, -0.2) is 131 Å². The molecule has 0 radical (unpaired) electrons. The predicted molar refractivity (Wildman–Crippen MR) is 303 cm³/mol. The van der Waals surface area contributed by atoms with Crippen LogP contribution in [0.4, 0.5) is 0 Å². The Hall–Kier alpha value is -6.18. The van der Waals surface area contributed by atoms with Crippen molar-refractivity contribution in [1.29, 1.82) is 0 Å². The summed E-state index contributed by atoms with van der Waals surface area (Å²) in [4.78, 5) is 117. The molecule has 14 heteroatoms. The Morgan fingerprint density at radius 1 is 0.623 bits per heavy atom. The second kappa shape index (κ2) is 29.0. The van der Waals surface area contributed by atoms with E-state index in [2.05, 4.69) is 10.6 Å². The van der Waals surface area contributed by atoms with Crippen LogP contribution in [0.5, 0.6) is 0 Å². The first-order valence-electron chi connectivity index (χ1n) is 28.5. The molecule has 3 aromatic carbocycles. The van der Waals surface area contributed by atoms with Crippen LogP contribution in [0.1, 0.15) is 165 Å². The fourth-order valence-electron chi connectivity index (χ4n) is 10.3. The normalized spacial score (nSPS) is 16.9. The second-order valence-electron chi connectivity index (χ2n) is 24.0. The summed E-state index contributed by atoms with van der Waals surface area (Å²) >= 11 is 0. The molecule has 3 aromatic rings. The van der Waals surface area contributed by atoms with E-state index in [1.165, 1.54) is 0 Å². The Labute approximate surface area is 459 Å². The highest BCUT2D eigenvalue weighted by Gasteiger charge is 2.42. The summed E-state index contributed by atoms with van der Waals surface area (Å²) in [5.74, 6) is -1.85. The summed E-state index contributed by atoms with van der Waals surface area (Å²) in [7, 11) is 0. The van der Waals surface area contributed by atoms with Crippen LogP contribution in [0.25, 0.3) is 0 Å². The summed E-state index contributed by atoms with van der Waals surface area (Å²) in [6.45, 7) is 22.2. The van der Waals surface area contributed by atoms with Crippen molar-refractivity contribution in [3.63, 3.8) is 0 Å². The maximum atomic E-state index is 14.2. The number of ketones is 2. The van der Waals surface area contributed by atoms with Crippen LogP contribution in [-0.2, 0) is 41.6 Å². The van der Waals surface area contributed by atoms with Crippen LogP contribution in [0.3, 0.4) is 0 Å². The first-order chi connectivity index (χ1) is 36.5. The van der Waals surface area contributed by atoms with Gasteiger partial charge in [0, 0.05) is 112 Å². The molecule has 5 rings (SSSR count). The van der Waals surface area contributed by atoms with Gasteiger partial charge >= 0.3 is 0 Å². The fraction of sp³-hybridized carbons (Fsp3) is 0.587. The van der Waals surface area contributed by atoms with E-state index in [1.54, 1.807) is 29.2 Å². The maximum absolute atomic E-state index is 14.2. The average molecular weight is 1060 g/mol. The van der Waals surface area contributed by atoms with Gasteiger partial charge in [0.1, 0.15) is 11.8 Å². The molecule has 5 atom stereocenters. The van der Waals surface area contributed by atoms with E-state index in [0.29, 0.717) is 76.1 Å². The molecule has 0 unspecified atom stereocenters. The summed E-state index contributed by atoms with van der Waals surface area (Å²) in [5.41, 5.74) is 2.00. The molecule has 0 aliphatic carbocycles. The van der Waals surface area contributed by atoms with Crippen molar-refractivity contribution in [3.05, 3.63) is 107 Å². The minimum Gasteiger partial charge on any atom is -0.352 e. The third-order valence-corrected chi connectivity index (χ3v) is 15.7.